The van der Waals surface area contributed by atoms with Crippen molar-refractivity contribution in [1.82, 2.24) is 4.98 Å². The van der Waals surface area contributed by atoms with Crippen molar-refractivity contribution in [2.45, 2.75) is 39.3 Å². The Morgan fingerprint density at radius 1 is 1.24 bits per heavy atom. The van der Waals surface area contributed by atoms with Gasteiger partial charge in [-0.2, -0.15) is 13.2 Å². The van der Waals surface area contributed by atoms with Crippen molar-refractivity contribution in [2.75, 3.05) is 6.54 Å². The molecule has 6 heteroatoms. The molecule has 3 nitrogen and oxygen atoms in total. The number of hydrogen-bond donors (Lipinski definition) is 1. The summed E-state index contributed by atoms with van der Waals surface area (Å²) in [6.45, 7) is 6.55. The number of aromatic nitrogens is 1. The molecule has 116 valence electrons. The number of fused-ring (bicyclic) bond motifs is 1. The van der Waals surface area contributed by atoms with Gasteiger partial charge in [-0.05, 0) is 30.0 Å². The highest BCUT2D eigenvalue weighted by Gasteiger charge is 2.31. The molecule has 1 atom stereocenters. The molecule has 0 amide bonds. The summed E-state index contributed by atoms with van der Waals surface area (Å²) >= 11 is 0. The molecule has 0 bridgehead atoms. The Balaban J connectivity index is 2.38. The van der Waals surface area contributed by atoms with Crippen LogP contribution in [0.4, 0.5) is 13.2 Å². The SMILES string of the molecule is CC(C)(C)CC(CN)c1nc2cc(C(F)(F)F)ccc2o1. The molecule has 1 unspecified atom stereocenters. The van der Waals surface area contributed by atoms with Gasteiger partial charge >= 0.3 is 6.18 Å². The van der Waals surface area contributed by atoms with Crippen molar-refractivity contribution in [3.05, 3.63) is 29.7 Å². The molecule has 21 heavy (non-hydrogen) atoms. The summed E-state index contributed by atoms with van der Waals surface area (Å²) in [5.74, 6) is 0.300. The lowest BCUT2D eigenvalue weighted by Gasteiger charge is -2.22. The molecule has 1 aromatic heterocycles. The van der Waals surface area contributed by atoms with Crippen LogP contribution in [0, 0.1) is 5.41 Å². The zero-order chi connectivity index (χ0) is 15.8. The van der Waals surface area contributed by atoms with Gasteiger partial charge in [0, 0.05) is 12.5 Å². The summed E-state index contributed by atoms with van der Waals surface area (Å²) in [4.78, 5) is 4.20. The third-order valence-corrected chi connectivity index (χ3v) is 3.22. The van der Waals surface area contributed by atoms with Crippen LogP contribution in [0.1, 0.15) is 44.6 Å². The molecule has 1 heterocycles. The first-order valence-electron chi connectivity index (χ1n) is 6.78. The molecule has 0 aliphatic heterocycles. The Bertz CT molecular complexity index is 626. The summed E-state index contributed by atoms with van der Waals surface area (Å²) < 4.78 is 43.7. The third kappa shape index (κ3) is 3.75. The number of hydrogen-bond acceptors (Lipinski definition) is 3. The molecular formula is C15H19F3N2O. The highest BCUT2D eigenvalue weighted by Crippen LogP contribution is 2.34. The maximum atomic E-state index is 12.7. The van der Waals surface area contributed by atoms with Crippen LogP contribution in [0.25, 0.3) is 11.1 Å². The van der Waals surface area contributed by atoms with E-state index in [-0.39, 0.29) is 16.8 Å². The lowest BCUT2D eigenvalue weighted by molar-refractivity contribution is -0.137. The molecule has 0 saturated carbocycles. The fourth-order valence-corrected chi connectivity index (χ4v) is 2.31. The van der Waals surface area contributed by atoms with Gasteiger partial charge in [-0.3, -0.25) is 0 Å². The van der Waals surface area contributed by atoms with E-state index >= 15 is 0 Å². The quantitative estimate of drug-likeness (QED) is 0.918. The summed E-state index contributed by atoms with van der Waals surface area (Å²) in [5, 5.41) is 0. The Labute approximate surface area is 121 Å². The molecule has 0 aliphatic rings. The number of rotatable bonds is 3. The maximum absolute atomic E-state index is 12.7. The zero-order valence-corrected chi connectivity index (χ0v) is 12.3. The Morgan fingerprint density at radius 2 is 1.90 bits per heavy atom. The van der Waals surface area contributed by atoms with Gasteiger partial charge in [-0.25, -0.2) is 4.98 Å². The normalized spacial score (nSPS) is 14.6. The fourth-order valence-electron chi connectivity index (χ4n) is 2.31. The highest BCUT2D eigenvalue weighted by atomic mass is 19.4. The maximum Gasteiger partial charge on any atom is 0.416 e. The number of nitrogens with two attached hydrogens (primary N) is 1. The first kappa shape index (κ1) is 15.8. The molecule has 2 aromatic rings. The minimum absolute atomic E-state index is 0.0296. The van der Waals surface area contributed by atoms with Gasteiger partial charge in [0.2, 0.25) is 0 Å². The van der Waals surface area contributed by atoms with Crippen molar-refractivity contribution >= 4 is 11.1 Å². The van der Waals surface area contributed by atoms with Gasteiger partial charge in [0.1, 0.15) is 5.52 Å². The molecule has 2 rings (SSSR count). The lowest BCUT2D eigenvalue weighted by Crippen LogP contribution is -2.19. The number of alkyl halides is 3. The fraction of sp³-hybridized carbons (Fsp3) is 0.533. The molecule has 0 saturated heterocycles. The van der Waals surface area contributed by atoms with Gasteiger partial charge in [0.25, 0.3) is 0 Å². The van der Waals surface area contributed by atoms with Crippen LogP contribution in [0.5, 0.6) is 0 Å². The van der Waals surface area contributed by atoms with Gasteiger partial charge in [0.15, 0.2) is 11.5 Å². The van der Waals surface area contributed by atoms with Crippen molar-refractivity contribution in [3.63, 3.8) is 0 Å². The van der Waals surface area contributed by atoms with Crippen LogP contribution in [-0.2, 0) is 6.18 Å². The van der Waals surface area contributed by atoms with Crippen molar-refractivity contribution < 1.29 is 17.6 Å². The van der Waals surface area contributed by atoms with Gasteiger partial charge in [0.05, 0.1) is 5.56 Å². The highest BCUT2D eigenvalue weighted by molar-refractivity contribution is 5.73. The van der Waals surface area contributed by atoms with E-state index in [0.29, 0.717) is 18.0 Å². The number of halogens is 3. The third-order valence-electron chi connectivity index (χ3n) is 3.22. The molecule has 0 aliphatic carbocycles. The Kier molecular flexibility index (Phi) is 4.02. The van der Waals surface area contributed by atoms with Crippen LogP contribution in [0.2, 0.25) is 0 Å². The second-order valence-corrected chi connectivity index (χ2v) is 6.43. The second-order valence-electron chi connectivity index (χ2n) is 6.43. The van der Waals surface area contributed by atoms with Crippen molar-refractivity contribution in [2.24, 2.45) is 11.1 Å². The van der Waals surface area contributed by atoms with Crippen LogP contribution in [0.15, 0.2) is 22.6 Å². The van der Waals surface area contributed by atoms with Gasteiger partial charge in [-0.15, -0.1) is 0 Å². The first-order valence-corrected chi connectivity index (χ1v) is 6.78. The largest absolute Gasteiger partial charge is 0.440 e. The first-order chi connectivity index (χ1) is 9.60. The Morgan fingerprint density at radius 3 is 2.43 bits per heavy atom. The minimum Gasteiger partial charge on any atom is -0.440 e. The van der Waals surface area contributed by atoms with E-state index in [1.165, 1.54) is 6.07 Å². The Hall–Kier alpha value is -1.56. The zero-order valence-electron chi connectivity index (χ0n) is 12.3. The molecule has 1 aromatic carbocycles. The van der Waals surface area contributed by atoms with E-state index < -0.39 is 11.7 Å². The monoisotopic (exact) mass is 300 g/mol. The second kappa shape index (κ2) is 5.33. The summed E-state index contributed by atoms with van der Waals surface area (Å²) in [5.41, 5.74) is 5.62. The van der Waals surface area contributed by atoms with Crippen LogP contribution in [0.3, 0.4) is 0 Å². The van der Waals surface area contributed by atoms with Gasteiger partial charge < -0.3 is 10.2 Å². The summed E-state index contributed by atoms with van der Waals surface area (Å²) in [6, 6.07) is 3.31. The lowest BCUT2D eigenvalue weighted by atomic mass is 9.84. The molecule has 2 N–H and O–H groups in total. The number of nitrogens with zero attached hydrogens (tertiary/aromatic N) is 1. The molecule has 0 radical (unpaired) electrons. The van der Waals surface area contributed by atoms with Crippen molar-refractivity contribution in [3.8, 4) is 0 Å². The van der Waals surface area contributed by atoms with E-state index in [9.17, 15) is 13.2 Å². The predicted molar refractivity (Wildman–Crippen MR) is 74.9 cm³/mol. The standard InChI is InChI=1S/C15H19F3N2O/c1-14(2,3)7-9(8-19)13-20-11-6-10(15(16,17)18)4-5-12(11)21-13/h4-6,9H,7-8,19H2,1-3H3. The topological polar surface area (TPSA) is 52.0 Å². The van der Waals surface area contributed by atoms with E-state index in [1.807, 2.05) is 0 Å². The minimum atomic E-state index is -4.38. The number of benzene rings is 1. The summed E-state index contributed by atoms with van der Waals surface area (Å²) in [7, 11) is 0. The smallest absolute Gasteiger partial charge is 0.416 e. The van der Waals surface area contributed by atoms with Crippen LogP contribution >= 0.6 is 0 Å². The van der Waals surface area contributed by atoms with E-state index in [2.05, 4.69) is 25.8 Å². The van der Waals surface area contributed by atoms with E-state index in [0.717, 1.165) is 18.6 Å². The molecule has 0 spiro atoms. The molecular weight excluding hydrogens is 281 g/mol. The van der Waals surface area contributed by atoms with Crippen LogP contribution < -0.4 is 5.73 Å². The van der Waals surface area contributed by atoms with Crippen LogP contribution in [-0.4, -0.2) is 11.5 Å². The van der Waals surface area contributed by atoms with Gasteiger partial charge in [-0.1, -0.05) is 20.8 Å². The van der Waals surface area contributed by atoms with E-state index in [4.69, 9.17) is 10.2 Å². The van der Waals surface area contributed by atoms with Crippen molar-refractivity contribution in [1.29, 1.82) is 0 Å². The summed E-state index contributed by atoms with van der Waals surface area (Å²) in [6.07, 6.45) is -3.63. The average Bonchev–Trinajstić information content (AvgIpc) is 2.76. The predicted octanol–water partition coefficient (Wildman–Crippen LogP) is 4.33. The number of oxazole rings is 1. The molecule has 0 fully saturated rings. The van der Waals surface area contributed by atoms with E-state index in [1.54, 1.807) is 0 Å². The average molecular weight is 300 g/mol.